The van der Waals surface area contributed by atoms with Gasteiger partial charge in [-0.2, -0.15) is 0 Å². The summed E-state index contributed by atoms with van der Waals surface area (Å²) in [6, 6.07) is 4.12. The Morgan fingerprint density at radius 1 is 1.44 bits per heavy atom. The van der Waals surface area contributed by atoms with Crippen molar-refractivity contribution in [2.45, 2.75) is 19.4 Å². The first-order valence-electron chi connectivity index (χ1n) is 6.59. The predicted octanol–water partition coefficient (Wildman–Crippen LogP) is 1.27. The lowest BCUT2D eigenvalue weighted by Crippen LogP contribution is -2.46. The Labute approximate surface area is 109 Å². The highest BCUT2D eigenvalue weighted by Gasteiger charge is 2.32. The minimum absolute atomic E-state index is 0.139. The monoisotopic (exact) mass is 249 g/mol. The Kier molecular flexibility index (Phi) is 4.69. The van der Waals surface area contributed by atoms with E-state index in [0.29, 0.717) is 6.54 Å². The van der Waals surface area contributed by atoms with E-state index in [-0.39, 0.29) is 5.41 Å². The van der Waals surface area contributed by atoms with Gasteiger partial charge < -0.3 is 15.4 Å². The van der Waals surface area contributed by atoms with Gasteiger partial charge in [-0.1, -0.05) is 0 Å². The largest absolute Gasteiger partial charge is 0.381 e. The zero-order valence-electron chi connectivity index (χ0n) is 11.1. The first-order chi connectivity index (χ1) is 8.74. The molecule has 1 aliphatic rings. The lowest BCUT2D eigenvalue weighted by Gasteiger charge is -2.39. The Hall–Kier alpha value is -0.970. The first kappa shape index (κ1) is 13.5. The summed E-state index contributed by atoms with van der Waals surface area (Å²) in [5.74, 6) is 0. The number of aromatic nitrogens is 1. The summed E-state index contributed by atoms with van der Waals surface area (Å²) in [5, 5.41) is 0. The molecule has 1 saturated heterocycles. The van der Waals surface area contributed by atoms with Crippen LogP contribution in [0.2, 0.25) is 0 Å². The normalized spacial score (nSPS) is 24.4. The number of nitrogens with zero attached hydrogens (tertiary/aromatic N) is 2. The van der Waals surface area contributed by atoms with Crippen molar-refractivity contribution in [1.29, 1.82) is 0 Å². The summed E-state index contributed by atoms with van der Waals surface area (Å²) < 4.78 is 5.61. The van der Waals surface area contributed by atoms with E-state index >= 15 is 0 Å². The fourth-order valence-corrected chi connectivity index (χ4v) is 2.69. The second kappa shape index (κ2) is 6.27. The van der Waals surface area contributed by atoms with Crippen LogP contribution >= 0.6 is 0 Å². The third-order valence-corrected chi connectivity index (χ3v) is 3.64. The maximum atomic E-state index is 5.96. The van der Waals surface area contributed by atoms with Gasteiger partial charge in [-0.3, -0.25) is 4.98 Å². The second-order valence-electron chi connectivity index (χ2n) is 5.39. The average molecular weight is 249 g/mol. The predicted molar refractivity (Wildman–Crippen MR) is 72.1 cm³/mol. The zero-order chi connectivity index (χ0) is 12.8. The van der Waals surface area contributed by atoms with Gasteiger partial charge in [0.25, 0.3) is 0 Å². The van der Waals surface area contributed by atoms with Crippen molar-refractivity contribution >= 4 is 0 Å². The fraction of sp³-hybridized carbons (Fsp3) is 0.643. The van der Waals surface area contributed by atoms with Gasteiger partial charge in [0.15, 0.2) is 0 Å². The highest BCUT2D eigenvalue weighted by Crippen LogP contribution is 2.28. The molecule has 1 fully saturated rings. The topological polar surface area (TPSA) is 51.4 Å². The molecule has 2 heterocycles. The van der Waals surface area contributed by atoms with E-state index in [1.54, 1.807) is 0 Å². The van der Waals surface area contributed by atoms with E-state index in [2.05, 4.69) is 29.1 Å². The molecule has 2 rings (SSSR count). The third kappa shape index (κ3) is 3.51. The standard InChI is InChI=1S/C14H23N3O/c1-17(9-13-3-6-16-7-4-13)11-14(10-15)5-2-8-18-12-14/h3-4,6-7H,2,5,8-12,15H2,1H3. The van der Waals surface area contributed by atoms with Crippen LogP contribution in [0.15, 0.2) is 24.5 Å². The lowest BCUT2D eigenvalue weighted by molar-refractivity contribution is -0.0192. The quantitative estimate of drug-likeness (QED) is 0.854. The van der Waals surface area contributed by atoms with Gasteiger partial charge in [0.2, 0.25) is 0 Å². The van der Waals surface area contributed by atoms with Crippen LogP contribution in [0, 0.1) is 5.41 Å². The molecule has 0 aromatic carbocycles. The fourth-order valence-electron chi connectivity index (χ4n) is 2.69. The number of nitrogens with two attached hydrogens (primary N) is 1. The van der Waals surface area contributed by atoms with Crippen molar-refractivity contribution in [3.05, 3.63) is 30.1 Å². The smallest absolute Gasteiger partial charge is 0.0546 e. The van der Waals surface area contributed by atoms with Gasteiger partial charge in [0, 0.05) is 44.0 Å². The molecule has 0 bridgehead atoms. The summed E-state index contributed by atoms with van der Waals surface area (Å²) in [4.78, 5) is 6.37. The van der Waals surface area contributed by atoms with Gasteiger partial charge in [-0.15, -0.1) is 0 Å². The van der Waals surface area contributed by atoms with Crippen LogP contribution < -0.4 is 5.73 Å². The van der Waals surface area contributed by atoms with Crippen LogP contribution in [0.3, 0.4) is 0 Å². The summed E-state index contributed by atoms with van der Waals surface area (Å²) in [5.41, 5.74) is 7.39. The number of rotatable bonds is 5. The SMILES string of the molecule is CN(Cc1ccncc1)CC1(CN)CCCOC1. The molecule has 1 aromatic heterocycles. The lowest BCUT2D eigenvalue weighted by atomic mass is 9.82. The Morgan fingerprint density at radius 2 is 2.22 bits per heavy atom. The van der Waals surface area contributed by atoms with E-state index in [1.807, 2.05) is 12.4 Å². The van der Waals surface area contributed by atoms with Gasteiger partial charge in [-0.05, 0) is 37.6 Å². The Morgan fingerprint density at radius 3 is 2.83 bits per heavy atom. The van der Waals surface area contributed by atoms with Crippen molar-refractivity contribution < 1.29 is 4.74 Å². The number of pyridine rings is 1. The second-order valence-corrected chi connectivity index (χ2v) is 5.39. The molecule has 2 N–H and O–H groups in total. The van der Waals surface area contributed by atoms with Crippen LogP contribution in [-0.2, 0) is 11.3 Å². The van der Waals surface area contributed by atoms with Crippen LogP contribution in [0.5, 0.6) is 0 Å². The molecule has 1 aromatic rings. The van der Waals surface area contributed by atoms with Crippen LogP contribution in [0.25, 0.3) is 0 Å². The molecule has 1 aliphatic heterocycles. The molecule has 0 spiro atoms. The summed E-state index contributed by atoms with van der Waals surface area (Å²) in [6.45, 7) is 4.31. The average Bonchev–Trinajstić information content (AvgIpc) is 2.41. The summed E-state index contributed by atoms with van der Waals surface area (Å²) in [6.07, 6.45) is 5.97. The van der Waals surface area contributed by atoms with Gasteiger partial charge in [-0.25, -0.2) is 0 Å². The van der Waals surface area contributed by atoms with E-state index in [4.69, 9.17) is 10.5 Å². The van der Waals surface area contributed by atoms with Crippen molar-refractivity contribution in [2.24, 2.45) is 11.1 Å². The Bertz CT molecular complexity index is 349. The molecule has 1 unspecified atom stereocenters. The molecule has 4 nitrogen and oxygen atoms in total. The van der Waals surface area contributed by atoms with E-state index in [9.17, 15) is 0 Å². The highest BCUT2D eigenvalue weighted by atomic mass is 16.5. The Balaban J connectivity index is 1.91. The molecule has 0 aliphatic carbocycles. The summed E-state index contributed by atoms with van der Waals surface area (Å²) >= 11 is 0. The maximum Gasteiger partial charge on any atom is 0.0546 e. The molecule has 0 amide bonds. The van der Waals surface area contributed by atoms with Crippen molar-refractivity contribution in [2.75, 3.05) is 33.4 Å². The van der Waals surface area contributed by atoms with Crippen LogP contribution in [0.4, 0.5) is 0 Å². The highest BCUT2D eigenvalue weighted by molar-refractivity contribution is 5.09. The van der Waals surface area contributed by atoms with Crippen molar-refractivity contribution in [3.8, 4) is 0 Å². The van der Waals surface area contributed by atoms with Gasteiger partial charge in [0.1, 0.15) is 0 Å². The minimum Gasteiger partial charge on any atom is -0.381 e. The molecule has 18 heavy (non-hydrogen) atoms. The third-order valence-electron chi connectivity index (χ3n) is 3.64. The molecule has 4 heteroatoms. The van der Waals surface area contributed by atoms with Gasteiger partial charge >= 0.3 is 0 Å². The van der Waals surface area contributed by atoms with Gasteiger partial charge in [0.05, 0.1) is 6.61 Å². The van der Waals surface area contributed by atoms with Crippen LogP contribution in [0.1, 0.15) is 18.4 Å². The van der Waals surface area contributed by atoms with Crippen LogP contribution in [-0.4, -0.2) is 43.2 Å². The maximum absolute atomic E-state index is 5.96. The number of hydrogen-bond donors (Lipinski definition) is 1. The molecular formula is C14H23N3O. The van der Waals surface area contributed by atoms with E-state index in [0.717, 1.165) is 32.7 Å². The molecule has 0 radical (unpaired) electrons. The van der Waals surface area contributed by atoms with E-state index < -0.39 is 0 Å². The molecule has 0 saturated carbocycles. The molecular weight excluding hydrogens is 226 g/mol. The number of ether oxygens (including phenoxy) is 1. The van der Waals surface area contributed by atoms with E-state index in [1.165, 1.54) is 12.0 Å². The van der Waals surface area contributed by atoms with Crippen molar-refractivity contribution in [3.63, 3.8) is 0 Å². The number of hydrogen-bond acceptors (Lipinski definition) is 4. The molecule has 1 atom stereocenters. The first-order valence-corrected chi connectivity index (χ1v) is 6.59. The minimum atomic E-state index is 0.139. The summed E-state index contributed by atoms with van der Waals surface area (Å²) in [7, 11) is 2.15. The molecule has 100 valence electrons. The van der Waals surface area contributed by atoms with Crippen molar-refractivity contribution in [1.82, 2.24) is 9.88 Å². The zero-order valence-corrected chi connectivity index (χ0v) is 11.1.